The number of hydrogen-bond acceptors (Lipinski definition) is 3. The molecule has 0 unspecified atom stereocenters. The number of hydrogen-bond donors (Lipinski definition) is 0. The number of carbonyl (C=O) groups excluding carboxylic acids is 1. The van der Waals surface area contributed by atoms with Crippen molar-refractivity contribution < 1.29 is 13.6 Å². The van der Waals surface area contributed by atoms with Crippen LogP contribution in [0.4, 0.5) is 13.9 Å². The zero-order valence-corrected chi connectivity index (χ0v) is 14.6. The molecule has 25 heavy (non-hydrogen) atoms. The van der Waals surface area contributed by atoms with Gasteiger partial charge >= 0.3 is 0 Å². The van der Waals surface area contributed by atoms with E-state index in [1.165, 1.54) is 16.2 Å². The van der Waals surface area contributed by atoms with Gasteiger partial charge in [0.25, 0.3) is 0 Å². The second-order valence-corrected chi connectivity index (χ2v) is 6.56. The minimum absolute atomic E-state index is 0.0842. The van der Waals surface area contributed by atoms with Crippen LogP contribution in [0.3, 0.4) is 0 Å². The molecular formula is C19H16F2N2OS. The van der Waals surface area contributed by atoms with E-state index in [4.69, 9.17) is 0 Å². The zero-order chi connectivity index (χ0) is 18.0. The molecule has 1 heterocycles. The van der Waals surface area contributed by atoms with Crippen LogP contribution in [-0.4, -0.2) is 17.9 Å². The minimum atomic E-state index is -0.490. The van der Waals surface area contributed by atoms with E-state index in [2.05, 4.69) is 4.98 Å². The number of likely N-dealkylation sites (N-methyl/N-ethyl adjacent to an activating group) is 1. The number of rotatable bonds is 4. The van der Waals surface area contributed by atoms with Gasteiger partial charge in [0.2, 0.25) is 5.91 Å². The molecule has 0 aliphatic carbocycles. The molecular weight excluding hydrogens is 342 g/mol. The average molecular weight is 358 g/mol. The summed E-state index contributed by atoms with van der Waals surface area (Å²) in [5, 5.41) is 2.54. The third kappa shape index (κ3) is 3.91. The number of aromatic nitrogens is 1. The first-order valence-corrected chi connectivity index (χ1v) is 8.55. The molecule has 1 amide bonds. The van der Waals surface area contributed by atoms with Crippen molar-refractivity contribution >= 4 is 22.4 Å². The summed E-state index contributed by atoms with van der Waals surface area (Å²) in [5.41, 5.74) is 2.44. The molecule has 1 aromatic heterocycles. The minimum Gasteiger partial charge on any atom is -0.291 e. The van der Waals surface area contributed by atoms with Crippen LogP contribution in [0.2, 0.25) is 0 Å². The summed E-state index contributed by atoms with van der Waals surface area (Å²) in [4.78, 5) is 18.2. The highest BCUT2D eigenvalue weighted by Crippen LogP contribution is 2.25. The predicted molar refractivity (Wildman–Crippen MR) is 95.8 cm³/mol. The Balaban J connectivity index is 1.74. The van der Waals surface area contributed by atoms with Gasteiger partial charge in [-0.1, -0.05) is 24.3 Å². The summed E-state index contributed by atoms with van der Waals surface area (Å²) >= 11 is 1.42. The lowest BCUT2D eigenvalue weighted by molar-refractivity contribution is -0.117. The molecule has 0 fully saturated rings. The lowest BCUT2D eigenvalue weighted by Crippen LogP contribution is -2.27. The molecule has 0 aliphatic rings. The summed E-state index contributed by atoms with van der Waals surface area (Å²) in [7, 11) is 1.69. The second kappa shape index (κ2) is 7.11. The van der Waals surface area contributed by atoms with Gasteiger partial charge in [-0.15, -0.1) is 11.3 Å². The fourth-order valence-corrected chi connectivity index (χ4v) is 3.20. The van der Waals surface area contributed by atoms with Gasteiger partial charge in [-0.25, -0.2) is 13.8 Å². The van der Waals surface area contributed by atoms with Crippen LogP contribution in [0.15, 0.2) is 47.8 Å². The molecule has 0 saturated heterocycles. The number of anilines is 1. The van der Waals surface area contributed by atoms with E-state index in [0.717, 1.165) is 29.5 Å². The van der Waals surface area contributed by atoms with Gasteiger partial charge in [0.1, 0.15) is 11.6 Å². The Morgan fingerprint density at radius 1 is 1.16 bits per heavy atom. The molecule has 3 nitrogen and oxygen atoms in total. The normalized spacial score (nSPS) is 10.7. The number of amides is 1. The summed E-state index contributed by atoms with van der Waals surface area (Å²) in [6.07, 6.45) is 0.209. The summed E-state index contributed by atoms with van der Waals surface area (Å²) in [6.45, 7) is 1.88. The van der Waals surface area contributed by atoms with E-state index in [-0.39, 0.29) is 17.9 Å². The number of nitrogens with zero attached hydrogens (tertiary/aromatic N) is 2. The Hall–Kier alpha value is -2.60. The van der Waals surface area contributed by atoms with Crippen LogP contribution in [0, 0.1) is 18.6 Å². The average Bonchev–Trinajstić information content (AvgIpc) is 3.03. The number of thiazole rings is 1. The molecule has 0 aliphatic heterocycles. The topological polar surface area (TPSA) is 33.2 Å². The Bertz CT molecular complexity index is 906. The van der Waals surface area contributed by atoms with Gasteiger partial charge in [0, 0.05) is 18.0 Å². The smallest absolute Gasteiger partial charge is 0.232 e. The van der Waals surface area contributed by atoms with Crippen LogP contribution in [0.5, 0.6) is 0 Å². The maximum absolute atomic E-state index is 13.8. The molecule has 0 radical (unpaired) electrons. The monoisotopic (exact) mass is 358 g/mol. The molecule has 0 saturated carbocycles. The van der Waals surface area contributed by atoms with Crippen LogP contribution >= 0.6 is 11.3 Å². The Labute approximate surface area is 148 Å². The van der Waals surface area contributed by atoms with Gasteiger partial charge in [-0.2, -0.15) is 0 Å². The Kier molecular flexibility index (Phi) is 4.90. The number of aryl methyl sites for hydroxylation is 1. The van der Waals surface area contributed by atoms with Crippen LogP contribution in [-0.2, 0) is 11.2 Å². The van der Waals surface area contributed by atoms with E-state index in [1.807, 2.05) is 12.3 Å². The fraction of sp³-hybridized carbons (Fsp3) is 0.158. The van der Waals surface area contributed by atoms with Gasteiger partial charge in [0.15, 0.2) is 5.13 Å². The number of carbonyl (C=O) groups is 1. The third-order valence-corrected chi connectivity index (χ3v) is 4.85. The Morgan fingerprint density at radius 2 is 1.88 bits per heavy atom. The maximum atomic E-state index is 13.8. The van der Waals surface area contributed by atoms with Crippen molar-refractivity contribution in [1.82, 2.24) is 4.98 Å². The van der Waals surface area contributed by atoms with Crippen molar-refractivity contribution in [3.8, 4) is 11.1 Å². The van der Waals surface area contributed by atoms with Crippen LogP contribution < -0.4 is 4.90 Å². The van der Waals surface area contributed by atoms with Crippen LogP contribution in [0.1, 0.15) is 11.3 Å². The van der Waals surface area contributed by atoms with Gasteiger partial charge in [0.05, 0.1) is 12.1 Å². The van der Waals surface area contributed by atoms with Crippen molar-refractivity contribution in [1.29, 1.82) is 0 Å². The molecule has 0 N–H and O–H groups in total. The van der Waals surface area contributed by atoms with Gasteiger partial charge in [-0.3, -0.25) is 9.69 Å². The largest absolute Gasteiger partial charge is 0.291 e. The first kappa shape index (κ1) is 17.2. The van der Waals surface area contributed by atoms with Crippen molar-refractivity contribution in [3.63, 3.8) is 0 Å². The lowest BCUT2D eigenvalue weighted by Gasteiger charge is -2.14. The van der Waals surface area contributed by atoms with E-state index < -0.39 is 11.6 Å². The van der Waals surface area contributed by atoms with Gasteiger partial charge < -0.3 is 0 Å². The van der Waals surface area contributed by atoms with Crippen LogP contribution in [0.25, 0.3) is 11.1 Å². The lowest BCUT2D eigenvalue weighted by atomic mass is 10.0. The van der Waals surface area contributed by atoms with Crippen molar-refractivity contribution in [3.05, 3.63) is 70.7 Å². The third-order valence-electron chi connectivity index (χ3n) is 3.82. The summed E-state index contributed by atoms with van der Waals surface area (Å²) in [5.74, 6) is -1.06. The number of halogens is 2. The first-order chi connectivity index (χ1) is 11.9. The van der Waals surface area contributed by atoms with Crippen molar-refractivity contribution in [2.24, 2.45) is 0 Å². The van der Waals surface area contributed by atoms with E-state index >= 15 is 0 Å². The molecule has 0 atom stereocenters. The molecule has 6 heteroatoms. The Morgan fingerprint density at radius 3 is 2.52 bits per heavy atom. The second-order valence-electron chi connectivity index (χ2n) is 5.72. The van der Waals surface area contributed by atoms with E-state index in [1.54, 1.807) is 31.3 Å². The van der Waals surface area contributed by atoms with E-state index in [0.29, 0.717) is 10.7 Å². The highest BCUT2D eigenvalue weighted by Gasteiger charge is 2.15. The summed E-state index contributed by atoms with van der Waals surface area (Å²) in [6, 6.07) is 10.2. The molecule has 128 valence electrons. The highest BCUT2D eigenvalue weighted by atomic mass is 32.1. The van der Waals surface area contributed by atoms with Gasteiger partial charge in [-0.05, 0) is 36.2 Å². The van der Waals surface area contributed by atoms with E-state index in [9.17, 15) is 13.6 Å². The molecule has 0 bridgehead atoms. The van der Waals surface area contributed by atoms with Crippen molar-refractivity contribution in [2.45, 2.75) is 13.3 Å². The van der Waals surface area contributed by atoms with Crippen molar-refractivity contribution in [2.75, 3.05) is 11.9 Å². The fourth-order valence-electron chi connectivity index (χ4n) is 2.42. The molecule has 3 rings (SSSR count). The SMILES string of the molecule is Cc1csc(N(C)C(=O)Cc2ccc(-c3cc(F)ccc3F)cc2)n1. The zero-order valence-electron chi connectivity index (χ0n) is 13.8. The first-order valence-electron chi connectivity index (χ1n) is 7.67. The highest BCUT2D eigenvalue weighted by molar-refractivity contribution is 7.14. The standard InChI is InChI=1S/C19H16F2N2OS/c1-12-11-25-19(22-12)23(2)18(24)9-13-3-5-14(6-4-13)16-10-15(20)7-8-17(16)21/h3-8,10-11H,9H2,1-2H3. The molecule has 3 aromatic rings. The quantitative estimate of drug-likeness (QED) is 0.683. The summed E-state index contributed by atoms with van der Waals surface area (Å²) < 4.78 is 27.1. The number of benzene rings is 2. The molecule has 0 spiro atoms. The predicted octanol–water partition coefficient (Wildman–Crippen LogP) is 4.60. The molecule has 2 aromatic carbocycles. The maximum Gasteiger partial charge on any atom is 0.232 e.